The SMILES string of the molecule is CN(Cc1ccc(F)c(CN)c1)Cc1ccco1. The van der Waals surface area contributed by atoms with Gasteiger partial charge >= 0.3 is 0 Å². The van der Waals surface area contributed by atoms with Gasteiger partial charge in [0.1, 0.15) is 11.6 Å². The normalized spacial score (nSPS) is 11.1. The van der Waals surface area contributed by atoms with Gasteiger partial charge in [-0.05, 0) is 30.8 Å². The van der Waals surface area contributed by atoms with Gasteiger partial charge in [0.25, 0.3) is 0 Å². The topological polar surface area (TPSA) is 42.4 Å². The third-order valence-corrected chi connectivity index (χ3v) is 2.79. The zero-order valence-corrected chi connectivity index (χ0v) is 10.4. The summed E-state index contributed by atoms with van der Waals surface area (Å²) in [4.78, 5) is 2.10. The first kappa shape index (κ1) is 12.8. The Hall–Kier alpha value is -1.65. The van der Waals surface area contributed by atoms with Crippen molar-refractivity contribution in [1.82, 2.24) is 4.90 Å². The molecule has 0 saturated heterocycles. The van der Waals surface area contributed by atoms with E-state index in [4.69, 9.17) is 10.2 Å². The van der Waals surface area contributed by atoms with Crippen molar-refractivity contribution < 1.29 is 8.81 Å². The molecular formula is C14H17FN2O. The number of nitrogens with zero attached hydrogens (tertiary/aromatic N) is 1. The first-order chi connectivity index (χ1) is 8.69. The molecule has 0 aliphatic rings. The van der Waals surface area contributed by atoms with E-state index in [0.717, 1.165) is 24.4 Å². The summed E-state index contributed by atoms with van der Waals surface area (Å²) in [6.07, 6.45) is 1.66. The second-order valence-corrected chi connectivity index (χ2v) is 4.38. The molecule has 2 rings (SSSR count). The maximum Gasteiger partial charge on any atom is 0.127 e. The summed E-state index contributed by atoms with van der Waals surface area (Å²) in [6, 6.07) is 8.87. The zero-order valence-electron chi connectivity index (χ0n) is 10.4. The van der Waals surface area contributed by atoms with Crippen LogP contribution in [-0.2, 0) is 19.6 Å². The van der Waals surface area contributed by atoms with Crippen LogP contribution < -0.4 is 5.73 Å². The van der Waals surface area contributed by atoms with Crippen LogP contribution in [0.5, 0.6) is 0 Å². The van der Waals surface area contributed by atoms with Crippen molar-refractivity contribution in [3.63, 3.8) is 0 Å². The molecule has 0 radical (unpaired) electrons. The molecule has 0 fully saturated rings. The molecule has 0 bridgehead atoms. The highest BCUT2D eigenvalue weighted by Crippen LogP contribution is 2.13. The molecule has 4 heteroatoms. The minimum absolute atomic E-state index is 0.224. The number of furan rings is 1. The maximum absolute atomic E-state index is 13.3. The van der Waals surface area contributed by atoms with Gasteiger partial charge in [0, 0.05) is 18.7 Å². The fourth-order valence-corrected chi connectivity index (χ4v) is 1.92. The molecule has 0 atom stereocenters. The summed E-state index contributed by atoms with van der Waals surface area (Å²) in [5.41, 5.74) is 7.09. The van der Waals surface area contributed by atoms with Crippen molar-refractivity contribution in [1.29, 1.82) is 0 Å². The molecule has 0 unspecified atom stereocenters. The van der Waals surface area contributed by atoms with E-state index in [-0.39, 0.29) is 12.4 Å². The third kappa shape index (κ3) is 3.18. The van der Waals surface area contributed by atoms with Crippen LogP contribution in [0.1, 0.15) is 16.9 Å². The molecule has 0 aliphatic heterocycles. The lowest BCUT2D eigenvalue weighted by Crippen LogP contribution is -2.17. The Morgan fingerprint density at radius 1 is 1.28 bits per heavy atom. The fourth-order valence-electron chi connectivity index (χ4n) is 1.92. The quantitative estimate of drug-likeness (QED) is 0.884. The lowest BCUT2D eigenvalue weighted by atomic mass is 10.1. The van der Waals surface area contributed by atoms with Crippen molar-refractivity contribution in [3.05, 3.63) is 59.3 Å². The minimum Gasteiger partial charge on any atom is -0.468 e. The summed E-state index contributed by atoms with van der Waals surface area (Å²) in [6.45, 7) is 1.68. The van der Waals surface area contributed by atoms with E-state index in [2.05, 4.69) is 4.90 Å². The van der Waals surface area contributed by atoms with Gasteiger partial charge in [0.05, 0.1) is 12.8 Å². The smallest absolute Gasteiger partial charge is 0.127 e. The van der Waals surface area contributed by atoms with E-state index in [9.17, 15) is 4.39 Å². The molecule has 2 aromatic rings. The Bertz CT molecular complexity index is 497. The van der Waals surface area contributed by atoms with Gasteiger partial charge in [-0.25, -0.2) is 4.39 Å². The van der Waals surface area contributed by atoms with Gasteiger partial charge in [0.15, 0.2) is 0 Å². The highest BCUT2D eigenvalue weighted by molar-refractivity contribution is 5.25. The highest BCUT2D eigenvalue weighted by atomic mass is 19.1. The van der Waals surface area contributed by atoms with Crippen molar-refractivity contribution in [2.45, 2.75) is 19.6 Å². The molecule has 0 amide bonds. The summed E-state index contributed by atoms with van der Waals surface area (Å²) in [5.74, 6) is 0.675. The monoisotopic (exact) mass is 248 g/mol. The van der Waals surface area contributed by atoms with Crippen LogP contribution >= 0.6 is 0 Å². The first-order valence-electron chi connectivity index (χ1n) is 5.87. The summed E-state index contributed by atoms with van der Waals surface area (Å²) in [7, 11) is 1.99. The van der Waals surface area contributed by atoms with E-state index in [1.807, 2.05) is 25.2 Å². The number of nitrogens with two attached hydrogens (primary N) is 1. The summed E-state index contributed by atoms with van der Waals surface area (Å²) < 4.78 is 18.6. The molecule has 18 heavy (non-hydrogen) atoms. The van der Waals surface area contributed by atoms with Crippen LogP contribution in [-0.4, -0.2) is 11.9 Å². The van der Waals surface area contributed by atoms with Gasteiger partial charge in [-0.15, -0.1) is 0 Å². The average Bonchev–Trinajstić information content (AvgIpc) is 2.84. The molecule has 96 valence electrons. The average molecular weight is 248 g/mol. The van der Waals surface area contributed by atoms with Crippen LogP contribution in [0.15, 0.2) is 41.0 Å². The van der Waals surface area contributed by atoms with Gasteiger partial charge < -0.3 is 10.2 Å². The molecule has 1 aromatic heterocycles. The number of rotatable bonds is 5. The summed E-state index contributed by atoms with van der Waals surface area (Å²) >= 11 is 0. The van der Waals surface area contributed by atoms with Crippen LogP contribution in [0.25, 0.3) is 0 Å². The van der Waals surface area contributed by atoms with E-state index < -0.39 is 0 Å². The third-order valence-electron chi connectivity index (χ3n) is 2.79. The largest absolute Gasteiger partial charge is 0.468 e. The molecule has 0 spiro atoms. The van der Waals surface area contributed by atoms with Crippen molar-refractivity contribution in [3.8, 4) is 0 Å². The second-order valence-electron chi connectivity index (χ2n) is 4.38. The molecule has 1 aromatic carbocycles. The van der Waals surface area contributed by atoms with E-state index in [1.54, 1.807) is 12.3 Å². The van der Waals surface area contributed by atoms with E-state index in [0.29, 0.717) is 5.56 Å². The maximum atomic E-state index is 13.3. The van der Waals surface area contributed by atoms with E-state index in [1.165, 1.54) is 6.07 Å². The number of halogens is 1. The second kappa shape index (κ2) is 5.80. The van der Waals surface area contributed by atoms with Crippen molar-refractivity contribution in [2.24, 2.45) is 5.73 Å². The predicted molar refractivity (Wildman–Crippen MR) is 68.2 cm³/mol. The first-order valence-corrected chi connectivity index (χ1v) is 5.87. The Morgan fingerprint density at radius 3 is 2.78 bits per heavy atom. The molecule has 0 saturated carbocycles. The van der Waals surface area contributed by atoms with Gasteiger partial charge in [-0.1, -0.05) is 12.1 Å². The molecule has 0 aliphatic carbocycles. The lowest BCUT2D eigenvalue weighted by molar-refractivity contribution is 0.287. The molecule has 2 N–H and O–H groups in total. The number of hydrogen-bond donors (Lipinski definition) is 1. The predicted octanol–water partition coefficient (Wildman–Crippen LogP) is 2.51. The standard InChI is InChI=1S/C14H17FN2O/c1-17(10-13-3-2-6-18-13)9-11-4-5-14(15)12(7-11)8-16/h2-7H,8-10,16H2,1H3. The van der Waals surface area contributed by atoms with E-state index >= 15 is 0 Å². The van der Waals surface area contributed by atoms with Crippen molar-refractivity contribution >= 4 is 0 Å². The summed E-state index contributed by atoms with van der Waals surface area (Å²) in [5, 5.41) is 0. The van der Waals surface area contributed by atoms with Crippen LogP contribution in [0.4, 0.5) is 4.39 Å². The molecule has 3 nitrogen and oxygen atoms in total. The van der Waals surface area contributed by atoms with Gasteiger partial charge in [-0.3, -0.25) is 4.90 Å². The Balaban J connectivity index is 2.00. The van der Waals surface area contributed by atoms with Gasteiger partial charge in [0.2, 0.25) is 0 Å². The highest BCUT2D eigenvalue weighted by Gasteiger charge is 2.06. The Labute approximate surface area is 106 Å². The lowest BCUT2D eigenvalue weighted by Gasteiger charge is -2.15. The molecular weight excluding hydrogens is 231 g/mol. The van der Waals surface area contributed by atoms with Gasteiger partial charge in [-0.2, -0.15) is 0 Å². The Kier molecular flexibility index (Phi) is 4.12. The van der Waals surface area contributed by atoms with Crippen LogP contribution in [0.3, 0.4) is 0 Å². The van der Waals surface area contributed by atoms with Crippen LogP contribution in [0, 0.1) is 5.82 Å². The minimum atomic E-state index is -0.241. The molecule has 1 heterocycles. The zero-order chi connectivity index (χ0) is 13.0. The fraction of sp³-hybridized carbons (Fsp3) is 0.286. The van der Waals surface area contributed by atoms with Crippen molar-refractivity contribution in [2.75, 3.05) is 7.05 Å². The number of hydrogen-bond acceptors (Lipinski definition) is 3. The number of benzene rings is 1. The Morgan fingerprint density at radius 2 is 2.11 bits per heavy atom. The van der Waals surface area contributed by atoms with Crippen LogP contribution in [0.2, 0.25) is 0 Å².